The lowest BCUT2D eigenvalue weighted by Crippen LogP contribution is -2.46. The van der Waals surface area contributed by atoms with Crippen LogP contribution in [0.2, 0.25) is 0 Å². The molecule has 0 aliphatic carbocycles. The predicted molar refractivity (Wildman–Crippen MR) is 149 cm³/mol. The van der Waals surface area contributed by atoms with Crippen LogP contribution in [0.25, 0.3) is 0 Å². The largest absolute Gasteiger partial charge is 0.460 e. The van der Waals surface area contributed by atoms with Gasteiger partial charge in [-0.2, -0.15) is 0 Å². The van der Waals surface area contributed by atoms with Gasteiger partial charge < -0.3 is 24.3 Å². The summed E-state index contributed by atoms with van der Waals surface area (Å²) in [5, 5.41) is 2.49. The van der Waals surface area contributed by atoms with Crippen LogP contribution in [0.1, 0.15) is 57.6 Å². The van der Waals surface area contributed by atoms with E-state index in [0.717, 1.165) is 21.1 Å². The first-order chi connectivity index (χ1) is 18.8. The maximum atomic E-state index is 15.9. The second kappa shape index (κ2) is 11.8. The number of carbonyl (C=O) groups is 3. The molecule has 2 heterocycles. The summed E-state index contributed by atoms with van der Waals surface area (Å²) in [4.78, 5) is 40.3. The average molecular weight is 599 g/mol. The Balaban J connectivity index is 2.00. The highest BCUT2D eigenvalue weighted by molar-refractivity contribution is 7.80. The molecule has 226 valence electrons. The maximum absolute atomic E-state index is 15.9. The lowest BCUT2D eigenvalue weighted by Gasteiger charge is -2.30. The first-order valence-electron chi connectivity index (χ1n) is 12.8. The summed E-state index contributed by atoms with van der Waals surface area (Å²) >= 11 is -2.89. The number of nitrogens with zero attached hydrogens (tertiary/aromatic N) is 3. The first kappa shape index (κ1) is 32.0. The van der Waals surface area contributed by atoms with Gasteiger partial charge in [-0.15, -0.1) is 0 Å². The van der Waals surface area contributed by atoms with Crippen LogP contribution < -0.4 is 9.62 Å². The Bertz CT molecular complexity index is 1370. The molecule has 3 atom stereocenters. The summed E-state index contributed by atoms with van der Waals surface area (Å²) in [5.41, 5.74) is -2.21. The summed E-state index contributed by atoms with van der Waals surface area (Å²) in [6, 6.07) is 2.63. The Hall–Kier alpha value is -3.52. The fourth-order valence-electron chi connectivity index (χ4n) is 4.39. The number of nitrogens with one attached hydrogen (secondary N) is 1. The molecular formula is C27H36F2N4O7S. The number of hydrogen-bond donors (Lipinski definition) is 2. The normalized spacial score (nSPS) is 18.2. The summed E-state index contributed by atoms with van der Waals surface area (Å²) in [6.45, 7) is 11.0. The number of aryl methyl sites for hydroxylation is 2. The Morgan fingerprint density at radius 3 is 2.22 bits per heavy atom. The summed E-state index contributed by atoms with van der Waals surface area (Å²) in [7, 11) is 1.36. The minimum absolute atomic E-state index is 0.214. The third-order valence-electron chi connectivity index (χ3n) is 6.09. The van der Waals surface area contributed by atoms with Crippen molar-refractivity contribution in [2.75, 3.05) is 22.7 Å². The summed E-state index contributed by atoms with van der Waals surface area (Å²) in [5.74, 6) is -4.42. The van der Waals surface area contributed by atoms with Crippen LogP contribution in [0, 0.1) is 24.5 Å². The molecule has 1 aromatic heterocycles. The van der Waals surface area contributed by atoms with E-state index >= 15 is 4.39 Å². The molecule has 41 heavy (non-hydrogen) atoms. The van der Waals surface area contributed by atoms with Crippen molar-refractivity contribution in [2.45, 2.75) is 65.7 Å². The van der Waals surface area contributed by atoms with Gasteiger partial charge in [-0.05, 0) is 72.2 Å². The van der Waals surface area contributed by atoms with Gasteiger partial charge in [0.2, 0.25) is 0 Å². The van der Waals surface area contributed by atoms with Crippen molar-refractivity contribution in [1.29, 1.82) is 0 Å². The van der Waals surface area contributed by atoms with E-state index < -0.39 is 75.4 Å². The number of hydrogen-bond acceptors (Lipinski definition) is 6. The lowest BCUT2D eigenvalue weighted by atomic mass is 10.0. The number of esters is 1. The monoisotopic (exact) mass is 598 g/mol. The van der Waals surface area contributed by atoms with Crippen LogP contribution in [0.5, 0.6) is 0 Å². The number of aromatic nitrogens is 1. The van der Waals surface area contributed by atoms with Gasteiger partial charge in [0.1, 0.15) is 28.4 Å². The third-order valence-corrected chi connectivity index (χ3v) is 6.89. The number of benzene rings is 1. The number of halogens is 2. The molecule has 1 saturated heterocycles. The van der Waals surface area contributed by atoms with Crippen molar-refractivity contribution >= 4 is 40.6 Å². The van der Waals surface area contributed by atoms with Gasteiger partial charge in [-0.25, -0.2) is 17.8 Å². The van der Waals surface area contributed by atoms with Crippen molar-refractivity contribution in [3.63, 3.8) is 0 Å². The van der Waals surface area contributed by atoms with Crippen molar-refractivity contribution in [3.05, 3.63) is 47.3 Å². The molecule has 0 spiro atoms. The highest BCUT2D eigenvalue weighted by atomic mass is 32.2. The van der Waals surface area contributed by atoms with E-state index in [1.54, 1.807) is 41.5 Å². The molecule has 0 radical (unpaired) electrons. The SMILES string of the molecule is Cc1cc(NC(=O)c2c(F)c(N([C@H]3CN(C(=O)OC(C)(C)C)C[C@@H]3C(=O)OC(C)(C)C)S(=O)O)cn2C)ccc1F. The van der Waals surface area contributed by atoms with E-state index in [1.165, 1.54) is 31.0 Å². The number of likely N-dealkylation sites (tertiary alicyclic amines) is 1. The number of ether oxygens (including phenoxy) is 2. The van der Waals surface area contributed by atoms with Crippen LogP contribution in [-0.4, -0.2) is 66.5 Å². The van der Waals surface area contributed by atoms with E-state index in [9.17, 15) is 27.5 Å². The van der Waals surface area contributed by atoms with Gasteiger partial charge in [0, 0.05) is 32.0 Å². The second-order valence-corrected chi connectivity index (χ2v) is 12.7. The van der Waals surface area contributed by atoms with E-state index in [1.807, 2.05) is 0 Å². The Morgan fingerprint density at radius 2 is 1.68 bits per heavy atom. The number of rotatable bonds is 6. The smallest absolute Gasteiger partial charge is 0.410 e. The number of carbonyl (C=O) groups excluding carboxylic acids is 3. The summed E-state index contributed by atoms with van der Waals surface area (Å²) in [6.07, 6.45) is 0.372. The molecule has 1 unspecified atom stereocenters. The minimum atomic E-state index is -2.89. The Morgan fingerprint density at radius 1 is 1.07 bits per heavy atom. The maximum Gasteiger partial charge on any atom is 0.410 e. The molecule has 0 saturated carbocycles. The topological polar surface area (TPSA) is 130 Å². The van der Waals surface area contributed by atoms with Crippen LogP contribution in [0.3, 0.4) is 0 Å². The quantitative estimate of drug-likeness (QED) is 0.373. The predicted octanol–water partition coefficient (Wildman–Crippen LogP) is 4.38. The van der Waals surface area contributed by atoms with E-state index in [-0.39, 0.29) is 24.3 Å². The van der Waals surface area contributed by atoms with Gasteiger partial charge in [0.25, 0.3) is 17.2 Å². The van der Waals surface area contributed by atoms with Crippen molar-refractivity contribution < 1.29 is 41.4 Å². The van der Waals surface area contributed by atoms with Crippen molar-refractivity contribution in [2.24, 2.45) is 13.0 Å². The van der Waals surface area contributed by atoms with Crippen LogP contribution in [0.4, 0.5) is 25.0 Å². The zero-order valence-corrected chi connectivity index (χ0v) is 25.1. The highest BCUT2D eigenvalue weighted by Crippen LogP contribution is 2.34. The van der Waals surface area contributed by atoms with Gasteiger partial charge in [-0.1, -0.05) is 0 Å². The zero-order chi connectivity index (χ0) is 31.0. The van der Waals surface area contributed by atoms with Crippen molar-refractivity contribution in [1.82, 2.24) is 9.47 Å². The fraction of sp³-hybridized carbons (Fsp3) is 0.519. The molecule has 11 nitrogen and oxygen atoms in total. The van der Waals surface area contributed by atoms with Crippen molar-refractivity contribution in [3.8, 4) is 0 Å². The molecule has 1 aromatic carbocycles. The molecule has 2 N–H and O–H groups in total. The second-order valence-electron chi connectivity index (χ2n) is 11.9. The average Bonchev–Trinajstić information content (AvgIpc) is 3.36. The molecule has 1 aliphatic rings. The fourth-order valence-corrected chi connectivity index (χ4v) is 5.14. The first-order valence-corrected chi connectivity index (χ1v) is 13.9. The zero-order valence-electron chi connectivity index (χ0n) is 24.3. The minimum Gasteiger partial charge on any atom is -0.460 e. The molecule has 0 bridgehead atoms. The Kier molecular flexibility index (Phi) is 9.18. The van der Waals surface area contributed by atoms with Gasteiger partial charge >= 0.3 is 12.1 Å². The molecule has 1 fully saturated rings. The molecule has 3 rings (SSSR count). The van der Waals surface area contributed by atoms with Gasteiger partial charge in [0.05, 0.1) is 12.0 Å². The molecular weight excluding hydrogens is 562 g/mol. The molecule has 2 amide bonds. The van der Waals surface area contributed by atoms with Crippen LogP contribution >= 0.6 is 0 Å². The molecule has 2 aromatic rings. The van der Waals surface area contributed by atoms with Gasteiger partial charge in [-0.3, -0.25) is 18.4 Å². The van der Waals surface area contributed by atoms with Crippen LogP contribution in [0.15, 0.2) is 24.4 Å². The third kappa shape index (κ3) is 7.61. The highest BCUT2D eigenvalue weighted by Gasteiger charge is 2.48. The molecule has 14 heteroatoms. The van der Waals surface area contributed by atoms with E-state index in [0.29, 0.717) is 0 Å². The van der Waals surface area contributed by atoms with E-state index in [4.69, 9.17) is 9.47 Å². The standard InChI is InChI=1S/C27H36F2N4O7S/c1-15-11-16(9-10-18(15)28)30-23(34)22-21(29)20(13-31(22)8)33(41(37)38)19-14-32(25(36)40-27(5,6)7)12-17(19)24(35)39-26(2,3)4/h9-11,13,17,19H,12,14H2,1-8H3,(H,30,34)(H,37,38)/t17-,19-/m0/s1. The van der Waals surface area contributed by atoms with E-state index in [2.05, 4.69) is 5.32 Å². The summed E-state index contributed by atoms with van der Waals surface area (Å²) < 4.78 is 65.3. The molecule has 1 aliphatic heterocycles. The lowest BCUT2D eigenvalue weighted by molar-refractivity contribution is -0.159. The Labute approximate surface area is 240 Å². The van der Waals surface area contributed by atoms with Gasteiger partial charge in [0.15, 0.2) is 5.82 Å². The van der Waals surface area contributed by atoms with Crippen LogP contribution in [-0.2, 0) is 32.6 Å². The number of anilines is 2. The number of amides is 2.